The Morgan fingerprint density at radius 2 is 1.33 bits per heavy atom. The molecule has 2 heterocycles. The average molecular weight is 321 g/mol. The molecule has 2 bridgehead atoms. The van der Waals surface area contributed by atoms with E-state index in [-0.39, 0.29) is 0 Å². The maximum absolute atomic E-state index is 11.8. The fraction of sp³-hybridized carbons (Fsp3) is 0.455. The topological polar surface area (TPSA) is 23.5 Å². The Labute approximate surface area is 145 Å². The van der Waals surface area contributed by atoms with E-state index in [1.54, 1.807) is 0 Å². The second kappa shape index (κ2) is 6.34. The normalized spacial score (nSPS) is 27.3. The Morgan fingerprint density at radius 1 is 0.875 bits per heavy atom. The van der Waals surface area contributed by atoms with Gasteiger partial charge in [-0.2, -0.15) is 0 Å². The van der Waals surface area contributed by atoms with Crippen molar-refractivity contribution in [3.8, 4) is 0 Å². The molecular formula is C22H27NO. The zero-order valence-electron chi connectivity index (χ0n) is 14.4. The summed E-state index contributed by atoms with van der Waals surface area (Å²) in [6.45, 7) is 0. The highest BCUT2D eigenvalue weighted by molar-refractivity contribution is 5.36. The van der Waals surface area contributed by atoms with Gasteiger partial charge in [-0.1, -0.05) is 60.7 Å². The summed E-state index contributed by atoms with van der Waals surface area (Å²) in [6, 6.07) is 21.8. The molecule has 2 aromatic carbocycles. The van der Waals surface area contributed by atoms with Gasteiger partial charge in [-0.05, 0) is 56.2 Å². The van der Waals surface area contributed by atoms with Crippen LogP contribution >= 0.6 is 0 Å². The molecule has 0 aliphatic carbocycles. The SMILES string of the molecule is CN1[C@@H]2CC[C@H]1CC(CC(O)(c1ccccc1)c1ccccc1)C2. The minimum absolute atomic E-state index is 0.587. The van der Waals surface area contributed by atoms with Gasteiger partial charge in [0.15, 0.2) is 0 Å². The lowest BCUT2D eigenvalue weighted by Gasteiger charge is -2.40. The smallest absolute Gasteiger partial charge is 0.115 e. The molecule has 2 aliphatic heterocycles. The Morgan fingerprint density at radius 3 is 1.79 bits per heavy atom. The molecule has 0 spiro atoms. The summed E-state index contributed by atoms with van der Waals surface area (Å²) in [6.07, 6.45) is 5.91. The molecule has 2 aliphatic rings. The minimum Gasteiger partial charge on any atom is -0.380 e. The molecule has 1 unspecified atom stereocenters. The van der Waals surface area contributed by atoms with Gasteiger partial charge in [0.1, 0.15) is 5.60 Å². The van der Waals surface area contributed by atoms with Crippen LogP contribution in [0.3, 0.4) is 0 Å². The van der Waals surface area contributed by atoms with E-state index in [1.165, 1.54) is 25.7 Å². The third-order valence-corrected chi connectivity index (χ3v) is 6.28. The fourth-order valence-electron chi connectivity index (χ4n) is 4.94. The third-order valence-electron chi connectivity index (χ3n) is 6.28. The molecule has 2 heteroatoms. The third kappa shape index (κ3) is 2.78. The van der Waals surface area contributed by atoms with Crippen molar-refractivity contribution < 1.29 is 5.11 Å². The molecule has 2 fully saturated rings. The highest BCUT2D eigenvalue weighted by Crippen LogP contribution is 2.44. The van der Waals surface area contributed by atoms with Crippen molar-refractivity contribution in [1.82, 2.24) is 4.90 Å². The molecule has 24 heavy (non-hydrogen) atoms. The first kappa shape index (κ1) is 15.9. The number of nitrogens with zero attached hydrogens (tertiary/aromatic N) is 1. The Balaban J connectivity index is 1.65. The van der Waals surface area contributed by atoms with Crippen LogP contribution in [0, 0.1) is 5.92 Å². The van der Waals surface area contributed by atoms with E-state index in [0.29, 0.717) is 18.0 Å². The predicted molar refractivity (Wildman–Crippen MR) is 97.8 cm³/mol. The molecule has 0 radical (unpaired) electrons. The summed E-state index contributed by atoms with van der Waals surface area (Å²) in [5.41, 5.74) is 1.15. The molecule has 126 valence electrons. The average Bonchev–Trinajstić information content (AvgIpc) is 2.84. The van der Waals surface area contributed by atoms with Crippen LogP contribution in [0.25, 0.3) is 0 Å². The van der Waals surface area contributed by atoms with Crippen LogP contribution in [0.15, 0.2) is 60.7 Å². The largest absolute Gasteiger partial charge is 0.380 e. The van der Waals surface area contributed by atoms with Crippen molar-refractivity contribution in [3.63, 3.8) is 0 Å². The van der Waals surface area contributed by atoms with Gasteiger partial charge in [-0.25, -0.2) is 0 Å². The fourth-order valence-corrected chi connectivity index (χ4v) is 4.94. The number of hydrogen-bond acceptors (Lipinski definition) is 2. The van der Waals surface area contributed by atoms with E-state index in [9.17, 15) is 5.11 Å². The molecule has 3 atom stereocenters. The lowest BCUT2D eigenvalue weighted by molar-refractivity contribution is 0.0268. The number of benzene rings is 2. The summed E-state index contributed by atoms with van der Waals surface area (Å²) in [5.74, 6) is 0.587. The maximum atomic E-state index is 11.8. The van der Waals surface area contributed by atoms with Gasteiger partial charge >= 0.3 is 0 Å². The van der Waals surface area contributed by atoms with Crippen molar-refractivity contribution in [2.45, 2.75) is 49.8 Å². The Kier molecular flexibility index (Phi) is 4.19. The van der Waals surface area contributed by atoms with Crippen LogP contribution in [-0.2, 0) is 5.60 Å². The van der Waals surface area contributed by atoms with Gasteiger partial charge in [0.05, 0.1) is 0 Å². The van der Waals surface area contributed by atoms with Crippen molar-refractivity contribution in [2.24, 2.45) is 5.92 Å². The van der Waals surface area contributed by atoms with E-state index in [0.717, 1.165) is 17.5 Å². The molecule has 0 aromatic heterocycles. The van der Waals surface area contributed by atoms with Gasteiger partial charge < -0.3 is 10.0 Å². The first-order chi connectivity index (χ1) is 11.7. The number of piperidine rings is 1. The summed E-state index contributed by atoms with van der Waals surface area (Å²) < 4.78 is 0. The van der Waals surface area contributed by atoms with Crippen LogP contribution in [0.4, 0.5) is 0 Å². The molecule has 2 aromatic rings. The van der Waals surface area contributed by atoms with Crippen LogP contribution < -0.4 is 0 Å². The van der Waals surface area contributed by atoms with Gasteiger partial charge in [0.25, 0.3) is 0 Å². The van der Waals surface area contributed by atoms with Crippen molar-refractivity contribution in [3.05, 3.63) is 71.8 Å². The molecule has 4 rings (SSSR count). The standard InChI is InChI=1S/C22H27NO/c1-23-20-12-13-21(23)15-17(14-20)16-22(24,18-8-4-2-5-9-18)19-10-6-3-7-11-19/h2-11,17,20-21,24H,12-16H2,1H3/t17?,20-,21+. The van der Waals surface area contributed by atoms with Crippen LogP contribution in [0.1, 0.15) is 43.2 Å². The number of rotatable bonds is 4. The molecule has 0 amide bonds. The number of hydrogen-bond donors (Lipinski definition) is 1. The monoisotopic (exact) mass is 321 g/mol. The Hall–Kier alpha value is -1.64. The van der Waals surface area contributed by atoms with Crippen molar-refractivity contribution in [1.29, 1.82) is 0 Å². The van der Waals surface area contributed by atoms with Crippen LogP contribution in [0.2, 0.25) is 0 Å². The zero-order valence-corrected chi connectivity index (χ0v) is 14.4. The quantitative estimate of drug-likeness (QED) is 0.913. The number of fused-ring (bicyclic) bond motifs is 2. The highest BCUT2D eigenvalue weighted by Gasteiger charge is 2.42. The van der Waals surface area contributed by atoms with Crippen molar-refractivity contribution in [2.75, 3.05) is 7.05 Å². The number of aliphatic hydroxyl groups is 1. The summed E-state index contributed by atoms with van der Waals surface area (Å²) in [7, 11) is 2.28. The molecule has 2 nitrogen and oxygen atoms in total. The van der Waals surface area contributed by atoms with Crippen molar-refractivity contribution >= 4 is 0 Å². The molecule has 1 N–H and O–H groups in total. The van der Waals surface area contributed by atoms with Gasteiger partial charge in [-0.15, -0.1) is 0 Å². The van der Waals surface area contributed by atoms with Crippen LogP contribution in [0.5, 0.6) is 0 Å². The maximum Gasteiger partial charge on any atom is 0.115 e. The minimum atomic E-state index is -0.886. The van der Waals surface area contributed by atoms with E-state index < -0.39 is 5.60 Å². The lowest BCUT2D eigenvalue weighted by Crippen LogP contribution is -2.42. The first-order valence-corrected chi connectivity index (χ1v) is 9.22. The molecular weight excluding hydrogens is 294 g/mol. The van der Waals surface area contributed by atoms with Crippen LogP contribution in [-0.4, -0.2) is 29.1 Å². The second-order valence-electron chi connectivity index (χ2n) is 7.68. The van der Waals surface area contributed by atoms with Gasteiger partial charge in [0, 0.05) is 12.1 Å². The lowest BCUT2D eigenvalue weighted by atomic mass is 9.75. The predicted octanol–water partition coefficient (Wildman–Crippen LogP) is 4.19. The molecule has 2 saturated heterocycles. The van der Waals surface area contributed by atoms with Gasteiger partial charge in [0.2, 0.25) is 0 Å². The summed E-state index contributed by atoms with van der Waals surface area (Å²) in [4.78, 5) is 2.57. The van der Waals surface area contributed by atoms with E-state index >= 15 is 0 Å². The Bertz CT molecular complexity index is 615. The zero-order chi connectivity index (χ0) is 16.6. The molecule has 0 saturated carbocycles. The van der Waals surface area contributed by atoms with E-state index in [1.807, 2.05) is 36.4 Å². The van der Waals surface area contributed by atoms with E-state index in [2.05, 4.69) is 36.2 Å². The highest BCUT2D eigenvalue weighted by atomic mass is 16.3. The summed E-state index contributed by atoms with van der Waals surface area (Å²) in [5, 5.41) is 11.8. The van der Waals surface area contributed by atoms with E-state index in [4.69, 9.17) is 0 Å². The van der Waals surface area contributed by atoms with Gasteiger partial charge in [-0.3, -0.25) is 0 Å². The first-order valence-electron chi connectivity index (χ1n) is 9.22. The summed E-state index contributed by atoms with van der Waals surface area (Å²) >= 11 is 0. The second-order valence-corrected chi connectivity index (χ2v) is 7.68.